The molecule has 1 N–H and O–H groups in total. The summed E-state index contributed by atoms with van der Waals surface area (Å²) in [4.78, 5) is 0. The molecule has 0 saturated carbocycles. The first kappa shape index (κ1) is 24.6. The fraction of sp³-hybridized carbons (Fsp3) is 1.00. The Kier molecular flexibility index (Phi) is 18.2. The average Bonchev–Trinajstić information content (AvgIpc) is 2.38. The van der Waals surface area contributed by atoms with Crippen LogP contribution in [0.4, 0.5) is 0 Å². The molecule has 3 heteroatoms. The van der Waals surface area contributed by atoms with Gasteiger partial charge >= 0.3 is 0 Å². The predicted molar refractivity (Wildman–Crippen MR) is 94.6 cm³/mol. The molecule has 0 spiro atoms. The lowest BCUT2D eigenvalue weighted by molar-refractivity contribution is -0.873. The number of rotatable bonds is 15. The average molecular weight is 380 g/mol. The zero-order valence-electron chi connectivity index (χ0n) is 15.7. The van der Waals surface area contributed by atoms with Gasteiger partial charge in [0, 0.05) is 0 Å². The van der Waals surface area contributed by atoms with Crippen molar-refractivity contribution in [2.24, 2.45) is 0 Å². The number of nitrogens with zero attached hydrogens (tertiary/aromatic N) is 1. The fourth-order valence-electron chi connectivity index (χ4n) is 2.94. The van der Waals surface area contributed by atoms with Crippen LogP contribution in [-0.4, -0.2) is 43.4 Å². The third-order valence-corrected chi connectivity index (χ3v) is 4.15. The van der Waals surface area contributed by atoms with Crippen molar-refractivity contribution in [1.82, 2.24) is 0 Å². The van der Waals surface area contributed by atoms with Gasteiger partial charge in [0.2, 0.25) is 0 Å². The van der Waals surface area contributed by atoms with Crippen LogP contribution in [0.15, 0.2) is 0 Å². The molecular weight excluding hydrogens is 338 g/mol. The molecule has 0 aliphatic heterocycles. The molecule has 0 rings (SSSR count). The fourth-order valence-corrected chi connectivity index (χ4v) is 2.94. The first-order valence-electron chi connectivity index (χ1n) is 9.44. The number of hydrogen-bond donors (Lipinski definition) is 1. The van der Waals surface area contributed by atoms with E-state index in [2.05, 4.69) is 28.1 Å². The Morgan fingerprint density at radius 2 is 1.05 bits per heavy atom. The highest BCUT2D eigenvalue weighted by atomic mass is 79.9. The first-order chi connectivity index (χ1) is 9.95. The van der Waals surface area contributed by atoms with Gasteiger partial charge in [0.1, 0.15) is 12.6 Å². The standard InChI is InChI=1S/C19H42NO.BrH/c1-5-6-7-8-9-10-11-12-13-14-15-16-17-19(21)18-20(2,3)4;/h19,21H,5-18H2,1-4H3;1H/q+1;/p-1. The second-order valence-electron chi connectivity index (χ2n) is 7.80. The molecule has 136 valence electrons. The van der Waals surface area contributed by atoms with Crippen LogP contribution >= 0.6 is 0 Å². The van der Waals surface area contributed by atoms with Crippen molar-refractivity contribution < 1.29 is 26.6 Å². The summed E-state index contributed by atoms with van der Waals surface area (Å²) in [5.41, 5.74) is 0. The van der Waals surface area contributed by atoms with Crippen molar-refractivity contribution in [2.45, 2.75) is 96.5 Å². The van der Waals surface area contributed by atoms with Crippen LogP contribution < -0.4 is 17.0 Å². The number of likely N-dealkylation sites (N-methyl/N-ethyl adjacent to an activating group) is 1. The maximum absolute atomic E-state index is 9.93. The first-order valence-corrected chi connectivity index (χ1v) is 9.44. The predicted octanol–water partition coefficient (Wildman–Crippen LogP) is 2.15. The normalized spacial score (nSPS) is 13.0. The van der Waals surface area contributed by atoms with Crippen LogP contribution in [0, 0.1) is 0 Å². The van der Waals surface area contributed by atoms with Crippen LogP contribution in [0.2, 0.25) is 0 Å². The van der Waals surface area contributed by atoms with Crippen LogP contribution in [0.5, 0.6) is 0 Å². The van der Waals surface area contributed by atoms with E-state index in [1.54, 1.807) is 0 Å². The number of hydrogen-bond acceptors (Lipinski definition) is 1. The van der Waals surface area contributed by atoms with Crippen molar-refractivity contribution >= 4 is 0 Å². The molecule has 0 fully saturated rings. The van der Waals surface area contributed by atoms with E-state index in [1.807, 2.05) is 0 Å². The van der Waals surface area contributed by atoms with Crippen molar-refractivity contribution in [3.8, 4) is 0 Å². The Labute approximate surface area is 151 Å². The second kappa shape index (κ2) is 16.3. The molecule has 0 aliphatic carbocycles. The van der Waals surface area contributed by atoms with Gasteiger partial charge in [-0.25, -0.2) is 0 Å². The Morgan fingerprint density at radius 1 is 0.682 bits per heavy atom. The smallest absolute Gasteiger partial charge is 0.104 e. The molecule has 1 atom stereocenters. The van der Waals surface area contributed by atoms with Gasteiger partial charge < -0.3 is 26.6 Å². The Morgan fingerprint density at radius 3 is 1.41 bits per heavy atom. The maximum atomic E-state index is 9.93. The molecule has 0 amide bonds. The van der Waals surface area contributed by atoms with Gasteiger partial charge in [-0.2, -0.15) is 0 Å². The van der Waals surface area contributed by atoms with E-state index in [-0.39, 0.29) is 23.1 Å². The third-order valence-electron chi connectivity index (χ3n) is 4.15. The Balaban J connectivity index is 0. The Bertz CT molecular complexity index is 216. The number of halogens is 1. The van der Waals surface area contributed by atoms with Crippen molar-refractivity contribution in [1.29, 1.82) is 0 Å². The van der Waals surface area contributed by atoms with E-state index in [0.29, 0.717) is 0 Å². The summed E-state index contributed by atoms with van der Waals surface area (Å²) in [6.45, 7) is 3.15. The second-order valence-corrected chi connectivity index (χ2v) is 7.80. The highest BCUT2D eigenvalue weighted by Gasteiger charge is 2.14. The highest BCUT2D eigenvalue weighted by Crippen LogP contribution is 2.13. The lowest BCUT2D eigenvalue weighted by Crippen LogP contribution is -3.00. The summed E-state index contributed by atoms with van der Waals surface area (Å²) >= 11 is 0. The maximum Gasteiger partial charge on any atom is 0.104 e. The van der Waals surface area contributed by atoms with Crippen LogP contribution in [0.25, 0.3) is 0 Å². The summed E-state index contributed by atoms with van der Waals surface area (Å²) in [5, 5.41) is 9.93. The minimum absolute atomic E-state index is 0. The topological polar surface area (TPSA) is 20.2 Å². The summed E-state index contributed by atoms with van der Waals surface area (Å²) in [6.07, 6.45) is 17.5. The zero-order valence-corrected chi connectivity index (χ0v) is 17.3. The largest absolute Gasteiger partial charge is 1.00 e. The van der Waals surface area contributed by atoms with Gasteiger partial charge in [-0.3, -0.25) is 0 Å². The third kappa shape index (κ3) is 20.4. The minimum atomic E-state index is -0.117. The SMILES string of the molecule is CCCCCCCCCCCCCCC(O)C[N+](C)(C)C.[Br-]. The Hall–Kier alpha value is 0.400. The minimum Gasteiger partial charge on any atom is -1.00 e. The monoisotopic (exact) mass is 379 g/mol. The number of aliphatic hydroxyl groups is 1. The molecule has 0 heterocycles. The van der Waals surface area contributed by atoms with Gasteiger partial charge in [-0.1, -0.05) is 84.0 Å². The molecule has 0 saturated heterocycles. The lowest BCUT2D eigenvalue weighted by Gasteiger charge is -2.26. The van der Waals surface area contributed by atoms with Gasteiger partial charge in [0.25, 0.3) is 0 Å². The molecule has 1 unspecified atom stereocenters. The van der Waals surface area contributed by atoms with Crippen molar-refractivity contribution in [3.63, 3.8) is 0 Å². The zero-order chi connectivity index (χ0) is 16.0. The highest BCUT2D eigenvalue weighted by molar-refractivity contribution is 4.55. The lowest BCUT2D eigenvalue weighted by atomic mass is 10.0. The summed E-state index contributed by atoms with van der Waals surface area (Å²) in [7, 11) is 6.43. The number of unbranched alkanes of at least 4 members (excludes halogenated alkanes) is 11. The molecule has 0 bridgehead atoms. The van der Waals surface area contributed by atoms with E-state index in [0.717, 1.165) is 17.4 Å². The summed E-state index contributed by atoms with van der Waals surface area (Å²) < 4.78 is 0.861. The van der Waals surface area contributed by atoms with Gasteiger partial charge in [0.15, 0.2) is 0 Å². The van der Waals surface area contributed by atoms with E-state index >= 15 is 0 Å². The molecule has 22 heavy (non-hydrogen) atoms. The van der Waals surface area contributed by atoms with Crippen molar-refractivity contribution in [2.75, 3.05) is 27.7 Å². The van der Waals surface area contributed by atoms with Crippen LogP contribution in [-0.2, 0) is 0 Å². The molecular formula is C19H42BrNO. The number of quaternary nitrogens is 1. The van der Waals surface area contributed by atoms with Gasteiger partial charge in [-0.15, -0.1) is 0 Å². The quantitative estimate of drug-likeness (QED) is 0.341. The molecule has 0 aromatic carbocycles. The number of aliphatic hydroxyl groups excluding tert-OH is 1. The van der Waals surface area contributed by atoms with E-state index in [4.69, 9.17) is 0 Å². The molecule has 2 nitrogen and oxygen atoms in total. The molecule has 0 aliphatic rings. The summed E-state index contributed by atoms with van der Waals surface area (Å²) in [5.74, 6) is 0. The van der Waals surface area contributed by atoms with Crippen molar-refractivity contribution in [3.05, 3.63) is 0 Å². The van der Waals surface area contributed by atoms with Crippen LogP contribution in [0.1, 0.15) is 90.4 Å². The molecule has 0 aromatic heterocycles. The van der Waals surface area contributed by atoms with Gasteiger partial charge in [-0.05, 0) is 6.42 Å². The molecule has 0 aromatic rings. The summed E-state index contributed by atoms with van der Waals surface area (Å²) in [6, 6.07) is 0. The van der Waals surface area contributed by atoms with Crippen LogP contribution in [0.3, 0.4) is 0 Å². The van der Waals surface area contributed by atoms with E-state index in [1.165, 1.54) is 77.0 Å². The van der Waals surface area contributed by atoms with E-state index < -0.39 is 0 Å². The van der Waals surface area contributed by atoms with Gasteiger partial charge in [0.05, 0.1) is 21.1 Å². The molecule has 0 radical (unpaired) electrons. The van der Waals surface area contributed by atoms with E-state index in [9.17, 15) is 5.11 Å².